The molecule has 0 unspecified atom stereocenters. The molecule has 0 bridgehead atoms. The zero-order valence-electron chi connectivity index (χ0n) is 19.0. The van der Waals surface area contributed by atoms with Crippen LogP contribution in [-0.4, -0.2) is 49.2 Å². The first kappa shape index (κ1) is 23.5. The third kappa shape index (κ3) is 4.86. The van der Waals surface area contributed by atoms with Gasteiger partial charge in [-0.3, -0.25) is 4.90 Å². The van der Waals surface area contributed by atoms with Gasteiger partial charge in [0.25, 0.3) is 0 Å². The summed E-state index contributed by atoms with van der Waals surface area (Å²) in [6.45, 7) is 4.84. The van der Waals surface area contributed by atoms with E-state index in [1.807, 2.05) is 65.6 Å². The quantitative estimate of drug-likeness (QED) is 0.455. The summed E-state index contributed by atoms with van der Waals surface area (Å²) < 4.78 is 16.2. The fraction of sp³-hybridized carbons (Fsp3) is 0.385. The summed E-state index contributed by atoms with van der Waals surface area (Å²) in [5.74, 6) is -0.439. The molecular formula is C26H31NO5. The highest BCUT2D eigenvalue weighted by Crippen LogP contribution is 2.38. The molecule has 1 saturated heterocycles. The maximum atomic E-state index is 13.5. The van der Waals surface area contributed by atoms with E-state index in [-0.39, 0.29) is 13.2 Å². The Balaban J connectivity index is 2.13. The highest BCUT2D eigenvalue weighted by molar-refractivity contribution is 6.10. The Labute approximate surface area is 189 Å². The molecule has 0 atom stereocenters. The van der Waals surface area contributed by atoms with Crippen LogP contribution in [0.5, 0.6) is 5.75 Å². The number of rotatable bonds is 8. The summed E-state index contributed by atoms with van der Waals surface area (Å²) in [7, 11) is 1.61. The molecule has 1 fully saturated rings. The fourth-order valence-corrected chi connectivity index (χ4v) is 4.17. The molecule has 0 N–H and O–H groups in total. The standard InChI is InChI=1S/C26H31NO5/c1-4-31-24(28)26(25(29)32-5-2)22(18-20-13-15-23(30-3)16-14-20)12-9-17-27(26)19-21-10-7-6-8-11-21/h6-8,10-11,13-16,18H,4-5,9,12,17,19H2,1-3H3/b22-18-. The van der Waals surface area contributed by atoms with Crippen molar-refractivity contribution in [2.45, 2.75) is 38.8 Å². The minimum absolute atomic E-state index is 0.176. The summed E-state index contributed by atoms with van der Waals surface area (Å²) >= 11 is 0. The van der Waals surface area contributed by atoms with Crippen LogP contribution in [0, 0.1) is 0 Å². The van der Waals surface area contributed by atoms with E-state index in [1.54, 1.807) is 21.0 Å². The number of likely N-dealkylation sites (tertiary alicyclic amines) is 1. The lowest BCUT2D eigenvalue weighted by Gasteiger charge is -2.44. The molecule has 1 heterocycles. The van der Waals surface area contributed by atoms with Crippen molar-refractivity contribution in [1.82, 2.24) is 4.90 Å². The predicted molar refractivity (Wildman–Crippen MR) is 123 cm³/mol. The van der Waals surface area contributed by atoms with Crippen molar-refractivity contribution in [2.24, 2.45) is 0 Å². The molecular weight excluding hydrogens is 406 g/mol. The first-order valence-corrected chi connectivity index (χ1v) is 11.0. The van der Waals surface area contributed by atoms with Gasteiger partial charge in [0.2, 0.25) is 5.54 Å². The van der Waals surface area contributed by atoms with Crippen molar-refractivity contribution in [1.29, 1.82) is 0 Å². The van der Waals surface area contributed by atoms with Crippen molar-refractivity contribution in [2.75, 3.05) is 26.9 Å². The third-order valence-electron chi connectivity index (χ3n) is 5.63. The Bertz CT molecular complexity index is 918. The lowest BCUT2D eigenvalue weighted by atomic mass is 9.79. The van der Waals surface area contributed by atoms with Crippen LogP contribution in [0.4, 0.5) is 0 Å². The second-order valence-corrected chi connectivity index (χ2v) is 7.60. The maximum Gasteiger partial charge on any atom is 0.342 e. The maximum absolute atomic E-state index is 13.5. The molecule has 3 rings (SSSR count). The zero-order chi connectivity index (χ0) is 23.0. The van der Waals surface area contributed by atoms with Gasteiger partial charge in [-0.1, -0.05) is 48.5 Å². The number of ether oxygens (including phenoxy) is 3. The number of hydrogen-bond donors (Lipinski definition) is 0. The first-order chi connectivity index (χ1) is 15.6. The van der Waals surface area contributed by atoms with Gasteiger partial charge in [0.1, 0.15) is 5.75 Å². The topological polar surface area (TPSA) is 65.1 Å². The summed E-state index contributed by atoms with van der Waals surface area (Å²) in [5.41, 5.74) is 0.943. The van der Waals surface area contributed by atoms with E-state index in [9.17, 15) is 9.59 Å². The van der Waals surface area contributed by atoms with Crippen LogP contribution in [-0.2, 0) is 25.6 Å². The van der Waals surface area contributed by atoms with Crippen LogP contribution >= 0.6 is 0 Å². The van der Waals surface area contributed by atoms with Crippen LogP contribution in [0.25, 0.3) is 6.08 Å². The Morgan fingerprint density at radius 1 is 0.969 bits per heavy atom. The second-order valence-electron chi connectivity index (χ2n) is 7.60. The van der Waals surface area contributed by atoms with Crippen molar-refractivity contribution < 1.29 is 23.8 Å². The van der Waals surface area contributed by atoms with Crippen molar-refractivity contribution >= 4 is 18.0 Å². The van der Waals surface area contributed by atoms with Gasteiger partial charge >= 0.3 is 11.9 Å². The van der Waals surface area contributed by atoms with Crippen molar-refractivity contribution in [3.05, 3.63) is 71.3 Å². The van der Waals surface area contributed by atoms with Gasteiger partial charge < -0.3 is 14.2 Å². The van der Waals surface area contributed by atoms with E-state index in [0.717, 1.165) is 23.3 Å². The number of carbonyl (C=O) groups excluding carboxylic acids is 2. The van der Waals surface area contributed by atoms with E-state index in [1.165, 1.54) is 0 Å². The highest BCUT2D eigenvalue weighted by Gasteiger charge is 2.57. The molecule has 170 valence electrons. The molecule has 2 aromatic rings. The number of methoxy groups -OCH3 is 1. The smallest absolute Gasteiger partial charge is 0.342 e. The molecule has 0 amide bonds. The van der Waals surface area contributed by atoms with Crippen molar-refractivity contribution in [3.8, 4) is 5.75 Å². The van der Waals surface area contributed by atoms with Gasteiger partial charge in [-0.2, -0.15) is 0 Å². The van der Waals surface area contributed by atoms with Gasteiger partial charge in [-0.05, 0) is 55.5 Å². The predicted octanol–water partition coefficient (Wildman–Crippen LogP) is 4.24. The lowest BCUT2D eigenvalue weighted by Crippen LogP contribution is -2.64. The second kappa shape index (κ2) is 11.0. The van der Waals surface area contributed by atoms with Crippen LogP contribution in [0.15, 0.2) is 60.2 Å². The Morgan fingerprint density at radius 3 is 2.16 bits per heavy atom. The number of benzene rings is 2. The Hall–Kier alpha value is -3.12. The monoisotopic (exact) mass is 437 g/mol. The molecule has 0 radical (unpaired) electrons. The van der Waals surface area contributed by atoms with Crippen LogP contribution in [0.2, 0.25) is 0 Å². The molecule has 6 heteroatoms. The largest absolute Gasteiger partial charge is 0.497 e. The van der Waals surface area contributed by atoms with E-state index < -0.39 is 17.5 Å². The molecule has 1 aliphatic heterocycles. The van der Waals surface area contributed by atoms with Crippen LogP contribution in [0.1, 0.15) is 37.8 Å². The first-order valence-electron chi connectivity index (χ1n) is 11.0. The normalized spacial score (nSPS) is 17.0. The van der Waals surface area contributed by atoms with E-state index in [2.05, 4.69) is 0 Å². The molecule has 0 spiro atoms. The summed E-state index contributed by atoms with van der Waals surface area (Å²) in [6.07, 6.45) is 3.31. The van der Waals surface area contributed by atoms with Gasteiger partial charge in [-0.15, -0.1) is 0 Å². The molecule has 0 aliphatic carbocycles. The van der Waals surface area contributed by atoms with Gasteiger partial charge in [0.05, 0.1) is 20.3 Å². The van der Waals surface area contributed by atoms with Gasteiger partial charge in [-0.25, -0.2) is 9.59 Å². The molecule has 1 aliphatic rings. The van der Waals surface area contributed by atoms with E-state index in [0.29, 0.717) is 25.1 Å². The highest BCUT2D eigenvalue weighted by atomic mass is 16.6. The minimum atomic E-state index is -1.62. The summed E-state index contributed by atoms with van der Waals surface area (Å²) in [4.78, 5) is 28.9. The number of esters is 2. The fourth-order valence-electron chi connectivity index (χ4n) is 4.17. The number of piperidine rings is 1. The molecule has 0 aromatic heterocycles. The Morgan fingerprint density at radius 2 is 1.59 bits per heavy atom. The van der Waals surface area contributed by atoms with Gasteiger partial charge in [0.15, 0.2) is 0 Å². The average molecular weight is 438 g/mol. The minimum Gasteiger partial charge on any atom is -0.497 e. The number of nitrogens with zero attached hydrogens (tertiary/aromatic N) is 1. The molecule has 6 nitrogen and oxygen atoms in total. The van der Waals surface area contributed by atoms with Gasteiger partial charge in [0, 0.05) is 13.1 Å². The van der Waals surface area contributed by atoms with Crippen LogP contribution < -0.4 is 4.74 Å². The zero-order valence-corrected chi connectivity index (χ0v) is 19.0. The third-order valence-corrected chi connectivity index (χ3v) is 5.63. The number of carbonyl (C=O) groups is 2. The molecule has 2 aromatic carbocycles. The lowest BCUT2D eigenvalue weighted by molar-refractivity contribution is -0.173. The van der Waals surface area contributed by atoms with Crippen molar-refractivity contribution in [3.63, 3.8) is 0 Å². The molecule has 32 heavy (non-hydrogen) atoms. The van der Waals surface area contributed by atoms with Crippen LogP contribution in [0.3, 0.4) is 0 Å². The van der Waals surface area contributed by atoms with E-state index in [4.69, 9.17) is 14.2 Å². The molecule has 0 saturated carbocycles. The number of hydrogen-bond acceptors (Lipinski definition) is 6. The van der Waals surface area contributed by atoms with E-state index >= 15 is 0 Å². The average Bonchev–Trinajstić information content (AvgIpc) is 2.81. The SMILES string of the molecule is CCOC(=O)C1(C(=O)OCC)/C(=C\c2ccc(OC)cc2)CCCN1Cc1ccccc1. The summed E-state index contributed by atoms with van der Waals surface area (Å²) in [5, 5.41) is 0. The summed E-state index contributed by atoms with van der Waals surface area (Å²) in [6, 6.07) is 17.3. The Kier molecular flexibility index (Phi) is 8.06.